The van der Waals surface area contributed by atoms with Crippen LogP contribution in [0.4, 0.5) is 5.00 Å². The minimum atomic E-state index is -0.421. The second kappa shape index (κ2) is 10.8. The average molecular weight is 516 g/mol. The van der Waals surface area contributed by atoms with Gasteiger partial charge in [0.25, 0.3) is 5.91 Å². The van der Waals surface area contributed by atoms with Crippen LogP contribution in [0, 0.1) is 6.92 Å². The first kappa shape index (κ1) is 25.2. The number of fused-ring (bicyclic) bond motifs is 1. The molecular weight excluding hydrogens is 486 g/mol. The van der Waals surface area contributed by atoms with Crippen molar-refractivity contribution < 1.29 is 19.1 Å². The number of amides is 2. The number of carbonyl (C=O) groups excluding carboxylic acids is 3. The van der Waals surface area contributed by atoms with Gasteiger partial charge in [-0.25, -0.2) is 9.79 Å². The lowest BCUT2D eigenvalue weighted by Gasteiger charge is -2.14. The molecular formula is C24H29N5O4S2. The fraction of sp³-hybridized carbons (Fsp3) is 0.458. The number of nitrogens with zero attached hydrogens (tertiary/aromatic N) is 4. The fourth-order valence-corrected chi connectivity index (χ4v) is 6.32. The van der Waals surface area contributed by atoms with Gasteiger partial charge in [-0.2, -0.15) is 5.10 Å². The van der Waals surface area contributed by atoms with Crippen LogP contribution in [0.1, 0.15) is 58.2 Å². The number of nitrogens with one attached hydrogen (secondary N) is 1. The maximum atomic E-state index is 12.9. The van der Waals surface area contributed by atoms with E-state index in [4.69, 9.17) is 4.74 Å². The van der Waals surface area contributed by atoms with E-state index in [1.54, 1.807) is 21.9 Å². The number of anilines is 1. The number of hydrogen-bond acceptors (Lipinski definition) is 8. The molecule has 186 valence electrons. The molecule has 1 aliphatic heterocycles. The van der Waals surface area contributed by atoms with Crippen molar-refractivity contribution in [3.63, 3.8) is 0 Å². The molecule has 0 saturated heterocycles. The fourth-order valence-electron chi connectivity index (χ4n) is 4.17. The SMILES string of the molecule is CCN1C(=O)/C(=C\c2cnn(C)c2C)N=C1SCC(=O)Nc1sc2c(c1C(=O)OC)CCCCC2. The summed E-state index contributed by atoms with van der Waals surface area (Å²) >= 11 is 2.66. The van der Waals surface area contributed by atoms with Crippen molar-refractivity contribution in [3.05, 3.63) is 39.2 Å². The van der Waals surface area contributed by atoms with E-state index in [1.165, 1.54) is 30.2 Å². The van der Waals surface area contributed by atoms with Gasteiger partial charge in [-0.1, -0.05) is 18.2 Å². The zero-order chi connectivity index (χ0) is 25.1. The largest absolute Gasteiger partial charge is 0.465 e. The van der Waals surface area contributed by atoms with Gasteiger partial charge in [-0.05, 0) is 51.2 Å². The third-order valence-corrected chi connectivity index (χ3v) is 8.37. The van der Waals surface area contributed by atoms with E-state index in [2.05, 4.69) is 15.4 Å². The molecule has 1 N–H and O–H groups in total. The Morgan fingerprint density at radius 3 is 2.74 bits per heavy atom. The number of carbonyl (C=O) groups is 3. The Labute approximate surface area is 212 Å². The first-order valence-electron chi connectivity index (χ1n) is 11.6. The van der Waals surface area contributed by atoms with E-state index in [1.807, 2.05) is 20.9 Å². The molecule has 11 heteroatoms. The Balaban J connectivity index is 1.49. The predicted molar refractivity (Wildman–Crippen MR) is 139 cm³/mol. The van der Waals surface area contributed by atoms with Gasteiger partial charge >= 0.3 is 5.97 Å². The Bertz CT molecular complexity index is 1230. The molecule has 0 fully saturated rings. The van der Waals surface area contributed by atoms with Crippen LogP contribution in [0.2, 0.25) is 0 Å². The second-order valence-corrected chi connectivity index (χ2v) is 10.4. The Kier molecular flexibility index (Phi) is 7.75. The molecule has 0 unspecified atom stereocenters. The molecule has 2 aromatic heterocycles. The summed E-state index contributed by atoms with van der Waals surface area (Å²) in [7, 11) is 3.20. The minimum absolute atomic E-state index is 0.0605. The number of aliphatic imine (C=N–C) groups is 1. The normalized spacial score (nSPS) is 16.8. The van der Waals surface area contributed by atoms with Crippen LogP contribution in [0.15, 0.2) is 16.9 Å². The number of thiophene rings is 1. The topological polar surface area (TPSA) is 106 Å². The van der Waals surface area contributed by atoms with Gasteiger partial charge < -0.3 is 10.1 Å². The highest BCUT2D eigenvalue weighted by Crippen LogP contribution is 2.38. The summed E-state index contributed by atoms with van der Waals surface area (Å²) in [4.78, 5) is 45.4. The molecule has 0 radical (unpaired) electrons. The summed E-state index contributed by atoms with van der Waals surface area (Å²) in [5.41, 5.74) is 3.56. The molecule has 1 aliphatic carbocycles. The zero-order valence-corrected chi connectivity index (χ0v) is 22.0. The lowest BCUT2D eigenvalue weighted by Crippen LogP contribution is -2.31. The van der Waals surface area contributed by atoms with Crippen molar-refractivity contribution in [3.8, 4) is 0 Å². The summed E-state index contributed by atoms with van der Waals surface area (Å²) in [6.07, 6.45) is 8.37. The number of methoxy groups -OCH3 is 1. The molecule has 0 atom stereocenters. The number of thioether (sulfide) groups is 1. The monoisotopic (exact) mass is 515 g/mol. The number of aryl methyl sites for hydroxylation is 2. The number of aromatic nitrogens is 2. The Hall–Kier alpha value is -2.92. The van der Waals surface area contributed by atoms with E-state index in [0.717, 1.165) is 53.8 Å². The number of esters is 1. The van der Waals surface area contributed by atoms with Crippen molar-refractivity contribution in [2.24, 2.45) is 12.0 Å². The van der Waals surface area contributed by atoms with Crippen molar-refractivity contribution >= 4 is 57.1 Å². The number of rotatable bonds is 6. The van der Waals surface area contributed by atoms with Crippen molar-refractivity contribution in [1.82, 2.24) is 14.7 Å². The second-order valence-electron chi connectivity index (χ2n) is 8.38. The van der Waals surface area contributed by atoms with Gasteiger partial charge in [0.1, 0.15) is 10.7 Å². The van der Waals surface area contributed by atoms with Gasteiger partial charge in [0.05, 0.1) is 24.6 Å². The lowest BCUT2D eigenvalue weighted by atomic mass is 10.1. The molecule has 0 bridgehead atoms. The third-order valence-electron chi connectivity index (χ3n) is 6.19. The molecule has 2 amide bonds. The molecule has 9 nitrogen and oxygen atoms in total. The average Bonchev–Trinajstić information content (AvgIpc) is 3.38. The molecule has 3 heterocycles. The highest BCUT2D eigenvalue weighted by Gasteiger charge is 2.31. The van der Waals surface area contributed by atoms with E-state index < -0.39 is 5.97 Å². The maximum absolute atomic E-state index is 12.9. The van der Waals surface area contributed by atoms with Gasteiger partial charge in [-0.15, -0.1) is 11.3 Å². The first-order valence-corrected chi connectivity index (χ1v) is 13.4. The highest BCUT2D eigenvalue weighted by molar-refractivity contribution is 8.14. The third kappa shape index (κ3) is 5.20. The van der Waals surface area contributed by atoms with Crippen LogP contribution in [-0.4, -0.2) is 57.0 Å². The molecule has 2 aliphatic rings. The summed E-state index contributed by atoms with van der Waals surface area (Å²) in [6.45, 7) is 4.24. The quantitative estimate of drug-likeness (QED) is 0.357. The number of amidine groups is 1. The standard InChI is InChI=1S/C24H29N5O4S2/c1-5-29-22(31)17(11-15-12-25-28(3)14(15)2)26-24(29)34-13-19(30)27-21-20(23(32)33-4)16-9-7-6-8-10-18(16)35-21/h11-12H,5-10,13H2,1-4H3,(H,27,30)/b17-11+. The molecule has 0 aromatic carbocycles. The molecule has 35 heavy (non-hydrogen) atoms. The summed E-state index contributed by atoms with van der Waals surface area (Å²) < 4.78 is 6.75. The van der Waals surface area contributed by atoms with Crippen LogP contribution in [0.5, 0.6) is 0 Å². The first-order chi connectivity index (χ1) is 16.8. The summed E-state index contributed by atoms with van der Waals surface area (Å²) in [5, 5.41) is 8.13. The van der Waals surface area contributed by atoms with Crippen molar-refractivity contribution in [1.29, 1.82) is 0 Å². The smallest absolute Gasteiger partial charge is 0.341 e. The van der Waals surface area contributed by atoms with Gasteiger partial charge in [0, 0.05) is 29.7 Å². The maximum Gasteiger partial charge on any atom is 0.341 e. The number of likely N-dealkylation sites (N-methyl/N-ethyl adjacent to an activating group) is 1. The minimum Gasteiger partial charge on any atom is -0.465 e. The zero-order valence-electron chi connectivity index (χ0n) is 20.3. The van der Waals surface area contributed by atoms with Crippen molar-refractivity contribution in [2.75, 3.05) is 24.7 Å². The van der Waals surface area contributed by atoms with E-state index in [0.29, 0.717) is 28.0 Å². The predicted octanol–water partition coefficient (Wildman–Crippen LogP) is 3.78. The van der Waals surface area contributed by atoms with Crippen LogP contribution in [0.25, 0.3) is 6.08 Å². The van der Waals surface area contributed by atoms with Crippen LogP contribution in [-0.2, 0) is 34.2 Å². The van der Waals surface area contributed by atoms with Gasteiger partial charge in [0.2, 0.25) is 5.91 Å². The Morgan fingerprint density at radius 2 is 2.06 bits per heavy atom. The highest BCUT2D eigenvalue weighted by atomic mass is 32.2. The van der Waals surface area contributed by atoms with Gasteiger partial charge in [-0.3, -0.25) is 19.2 Å². The van der Waals surface area contributed by atoms with E-state index >= 15 is 0 Å². The van der Waals surface area contributed by atoms with Crippen LogP contribution >= 0.6 is 23.1 Å². The Morgan fingerprint density at radius 1 is 1.29 bits per heavy atom. The molecule has 0 saturated carbocycles. The summed E-state index contributed by atoms with van der Waals surface area (Å²) in [6, 6.07) is 0. The summed E-state index contributed by atoms with van der Waals surface area (Å²) in [5.74, 6) is -0.821. The van der Waals surface area contributed by atoms with Crippen LogP contribution in [0.3, 0.4) is 0 Å². The van der Waals surface area contributed by atoms with Crippen LogP contribution < -0.4 is 5.32 Å². The van der Waals surface area contributed by atoms with Gasteiger partial charge in [0.15, 0.2) is 5.17 Å². The number of hydrogen-bond donors (Lipinski definition) is 1. The van der Waals surface area contributed by atoms with Crippen molar-refractivity contribution in [2.45, 2.75) is 46.0 Å². The molecule has 0 spiro atoms. The lowest BCUT2D eigenvalue weighted by molar-refractivity contribution is -0.122. The molecule has 4 rings (SSSR count). The van der Waals surface area contributed by atoms with E-state index in [9.17, 15) is 14.4 Å². The molecule has 2 aromatic rings. The number of ether oxygens (including phenoxy) is 1. The van der Waals surface area contributed by atoms with E-state index in [-0.39, 0.29) is 17.6 Å².